The molecule has 3 nitrogen and oxygen atoms in total. The maximum absolute atomic E-state index is 13.1. The largest absolute Gasteiger partial charge is 0.415 e. The molecule has 0 aromatic carbocycles. The van der Waals surface area contributed by atoms with E-state index in [0.717, 1.165) is 0 Å². The number of carbonyl (C=O) groups excluding carboxylic acids is 1. The molecule has 2 unspecified atom stereocenters. The van der Waals surface area contributed by atoms with Crippen molar-refractivity contribution in [2.24, 2.45) is 5.41 Å². The number of alkyl halides is 3. The Hall–Kier alpha value is -1.40. The molecule has 2 N–H and O–H groups in total. The highest BCUT2D eigenvalue weighted by Crippen LogP contribution is 2.51. The van der Waals surface area contributed by atoms with Crippen molar-refractivity contribution < 1.29 is 28.2 Å². The van der Waals surface area contributed by atoms with Gasteiger partial charge in [0.15, 0.2) is 0 Å². The third-order valence-electron chi connectivity index (χ3n) is 4.27. The molecule has 1 rings (SSSR count). The lowest BCUT2D eigenvalue weighted by atomic mass is 9.62. The van der Waals surface area contributed by atoms with E-state index in [1.54, 1.807) is 20.8 Å². The Morgan fingerprint density at radius 2 is 1.91 bits per heavy atom. The van der Waals surface area contributed by atoms with Gasteiger partial charge in [-0.1, -0.05) is 19.9 Å². The lowest BCUT2D eigenvalue weighted by molar-refractivity contribution is -0.125. The first-order valence-electron chi connectivity index (χ1n) is 6.87. The van der Waals surface area contributed by atoms with Crippen LogP contribution in [0.25, 0.3) is 0 Å². The van der Waals surface area contributed by atoms with Gasteiger partial charge in [0.25, 0.3) is 0 Å². The first-order valence-corrected chi connectivity index (χ1v) is 6.87. The number of hydrogen-bond acceptors (Lipinski definition) is 3. The molecule has 6 heteroatoms. The van der Waals surface area contributed by atoms with Crippen LogP contribution in [0.3, 0.4) is 0 Å². The Balaban J connectivity index is 3.49. The van der Waals surface area contributed by atoms with Crippen LogP contribution >= 0.6 is 0 Å². The van der Waals surface area contributed by atoms with Gasteiger partial charge in [0.05, 0.1) is 11.7 Å². The molecule has 0 heterocycles. The third-order valence-corrected chi connectivity index (χ3v) is 4.27. The van der Waals surface area contributed by atoms with E-state index < -0.39 is 28.9 Å². The number of aliphatic hydroxyl groups excluding tert-OH is 1. The number of aldehydes is 1. The normalized spacial score (nSPS) is 30.0. The second-order valence-corrected chi connectivity index (χ2v) is 6.29. The van der Waals surface area contributed by atoms with Crippen molar-refractivity contribution in [2.75, 3.05) is 0 Å². The van der Waals surface area contributed by atoms with Crippen molar-refractivity contribution in [1.82, 2.24) is 0 Å². The molecule has 0 amide bonds. The summed E-state index contributed by atoms with van der Waals surface area (Å²) < 4.78 is 39.4. The molecule has 0 aromatic heterocycles. The van der Waals surface area contributed by atoms with E-state index >= 15 is 0 Å². The van der Waals surface area contributed by atoms with Crippen LogP contribution in [0.4, 0.5) is 13.2 Å². The minimum Gasteiger partial charge on any atom is -0.388 e. The van der Waals surface area contributed by atoms with Crippen molar-refractivity contribution in [3.8, 4) is 0 Å². The Labute approximate surface area is 127 Å². The van der Waals surface area contributed by atoms with E-state index in [4.69, 9.17) is 0 Å². The summed E-state index contributed by atoms with van der Waals surface area (Å²) in [5.74, 6) is 0. The second kappa shape index (κ2) is 6.01. The number of halogens is 3. The average Bonchev–Trinajstić information content (AvgIpc) is 2.32. The molecule has 0 spiro atoms. The molecule has 0 fully saturated rings. The minimum absolute atomic E-state index is 0.226. The van der Waals surface area contributed by atoms with Crippen LogP contribution < -0.4 is 0 Å². The van der Waals surface area contributed by atoms with Crippen LogP contribution in [0.2, 0.25) is 0 Å². The fraction of sp³-hybridized carbons (Fsp3) is 0.562. The highest BCUT2D eigenvalue weighted by atomic mass is 19.4. The Kier molecular flexibility index (Phi) is 5.09. The van der Waals surface area contributed by atoms with Crippen LogP contribution in [0.15, 0.2) is 34.9 Å². The predicted molar refractivity (Wildman–Crippen MR) is 77.1 cm³/mol. The fourth-order valence-electron chi connectivity index (χ4n) is 2.87. The van der Waals surface area contributed by atoms with Crippen LogP contribution in [0.1, 0.15) is 34.1 Å². The van der Waals surface area contributed by atoms with Crippen LogP contribution in [-0.2, 0) is 4.79 Å². The van der Waals surface area contributed by atoms with Crippen molar-refractivity contribution in [3.05, 3.63) is 34.9 Å². The first-order chi connectivity index (χ1) is 9.87. The molecule has 0 saturated heterocycles. The minimum atomic E-state index is -4.71. The molecular weight excluding hydrogens is 297 g/mol. The van der Waals surface area contributed by atoms with Gasteiger partial charge in [-0.3, -0.25) is 4.79 Å². The number of allylic oxidation sites excluding steroid dienone is 3. The second-order valence-electron chi connectivity index (χ2n) is 6.29. The predicted octanol–water partition coefficient (Wildman–Crippen LogP) is 3.09. The van der Waals surface area contributed by atoms with Gasteiger partial charge in [-0.15, -0.1) is 0 Å². The molecule has 1 aliphatic rings. The molecule has 124 valence electrons. The van der Waals surface area contributed by atoms with E-state index in [9.17, 15) is 28.2 Å². The zero-order chi connectivity index (χ0) is 17.3. The lowest BCUT2D eigenvalue weighted by Gasteiger charge is -2.48. The van der Waals surface area contributed by atoms with Crippen LogP contribution in [0, 0.1) is 5.41 Å². The summed E-state index contributed by atoms with van der Waals surface area (Å²) in [6.45, 7) is 5.96. The standard InChI is InChI=1S/C16H21F3O3/c1-10(6-8-20)5-7-15(22)11(2)13(16(17,18)19)12(21)9-14(15,3)4/h5-8,12,21-22H,9H2,1-4H3/b7-5+,10-6-. The van der Waals surface area contributed by atoms with Crippen molar-refractivity contribution in [1.29, 1.82) is 0 Å². The molecule has 0 aliphatic heterocycles. The van der Waals surface area contributed by atoms with E-state index in [1.165, 1.54) is 25.2 Å². The maximum Gasteiger partial charge on any atom is 0.415 e. The number of carbonyl (C=O) groups is 1. The monoisotopic (exact) mass is 318 g/mol. The molecule has 0 bridgehead atoms. The van der Waals surface area contributed by atoms with Gasteiger partial charge < -0.3 is 10.2 Å². The van der Waals surface area contributed by atoms with E-state index in [-0.39, 0.29) is 12.0 Å². The van der Waals surface area contributed by atoms with Crippen molar-refractivity contribution >= 4 is 6.29 Å². The molecule has 0 aromatic rings. The van der Waals surface area contributed by atoms with Crippen molar-refractivity contribution in [2.45, 2.75) is 52.0 Å². The summed E-state index contributed by atoms with van der Waals surface area (Å²) in [6.07, 6.45) is -2.14. The smallest absolute Gasteiger partial charge is 0.388 e. The van der Waals surface area contributed by atoms with Crippen molar-refractivity contribution in [3.63, 3.8) is 0 Å². The summed E-state index contributed by atoms with van der Waals surface area (Å²) in [5, 5.41) is 20.7. The van der Waals surface area contributed by atoms with Gasteiger partial charge in [0.1, 0.15) is 11.9 Å². The third kappa shape index (κ3) is 3.33. The summed E-state index contributed by atoms with van der Waals surface area (Å²) in [7, 11) is 0. The Morgan fingerprint density at radius 1 is 1.36 bits per heavy atom. The highest BCUT2D eigenvalue weighted by Gasteiger charge is 2.54. The highest BCUT2D eigenvalue weighted by molar-refractivity contribution is 5.67. The van der Waals surface area contributed by atoms with Gasteiger partial charge >= 0.3 is 6.18 Å². The molecule has 2 atom stereocenters. The van der Waals surface area contributed by atoms with Gasteiger partial charge in [0.2, 0.25) is 0 Å². The zero-order valence-electron chi connectivity index (χ0n) is 13.0. The van der Waals surface area contributed by atoms with Crippen LogP contribution in [0.5, 0.6) is 0 Å². The van der Waals surface area contributed by atoms with E-state index in [0.29, 0.717) is 11.9 Å². The first kappa shape index (κ1) is 18.6. The molecule has 0 saturated carbocycles. The molecule has 22 heavy (non-hydrogen) atoms. The quantitative estimate of drug-likeness (QED) is 0.364. The van der Waals surface area contributed by atoms with Gasteiger partial charge in [0, 0.05) is 5.41 Å². The lowest BCUT2D eigenvalue weighted by Crippen LogP contribution is -2.52. The summed E-state index contributed by atoms with van der Waals surface area (Å²) >= 11 is 0. The molecule has 0 radical (unpaired) electrons. The molecular formula is C16H21F3O3. The number of hydrogen-bond donors (Lipinski definition) is 2. The Morgan fingerprint density at radius 3 is 2.36 bits per heavy atom. The van der Waals surface area contributed by atoms with Gasteiger partial charge in [-0.2, -0.15) is 13.2 Å². The van der Waals surface area contributed by atoms with E-state index in [1.807, 2.05) is 0 Å². The summed E-state index contributed by atoms with van der Waals surface area (Å²) in [4.78, 5) is 10.4. The Bertz CT molecular complexity index is 541. The van der Waals surface area contributed by atoms with Crippen LogP contribution in [-0.4, -0.2) is 34.4 Å². The van der Waals surface area contributed by atoms with E-state index in [2.05, 4.69) is 0 Å². The zero-order valence-corrected chi connectivity index (χ0v) is 13.0. The van der Waals surface area contributed by atoms with Gasteiger partial charge in [-0.25, -0.2) is 0 Å². The summed E-state index contributed by atoms with van der Waals surface area (Å²) in [6, 6.07) is 0. The van der Waals surface area contributed by atoms with Gasteiger partial charge in [-0.05, 0) is 43.6 Å². The number of aliphatic hydroxyl groups is 2. The SMILES string of the molecule is CC1=C(C(F)(F)F)C(O)CC(C)(C)C1(O)/C=C/C(C)=C\C=O. The fourth-order valence-corrected chi connectivity index (χ4v) is 2.87. The number of rotatable bonds is 3. The summed E-state index contributed by atoms with van der Waals surface area (Å²) in [5.41, 5.74) is -3.78. The maximum atomic E-state index is 13.1. The topological polar surface area (TPSA) is 57.5 Å². The average molecular weight is 318 g/mol. The molecule has 1 aliphatic carbocycles.